The second-order valence-electron chi connectivity index (χ2n) is 2.24. The largest absolute Gasteiger partial charge is 0.344 e. The fourth-order valence-electron chi connectivity index (χ4n) is 0.988. The van der Waals surface area contributed by atoms with E-state index in [4.69, 9.17) is 0 Å². The van der Waals surface area contributed by atoms with Crippen molar-refractivity contribution in [3.05, 3.63) is 39.9 Å². The summed E-state index contributed by atoms with van der Waals surface area (Å²) in [6, 6.07) is 6.79. The first-order valence-electron chi connectivity index (χ1n) is 3.48. The van der Waals surface area contributed by atoms with Crippen LogP contribution in [0.5, 0.6) is 0 Å². The third kappa shape index (κ3) is 2.03. The van der Waals surface area contributed by atoms with E-state index in [1.54, 1.807) is 12.1 Å². The summed E-state index contributed by atoms with van der Waals surface area (Å²) in [4.78, 5) is 10.0. The molecule has 0 bridgehead atoms. The lowest BCUT2D eigenvalue weighted by Gasteiger charge is -1.96. The lowest BCUT2D eigenvalue weighted by atomic mass is 10.1. The summed E-state index contributed by atoms with van der Waals surface area (Å²) in [6.45, 7) is 1.91. The second kappa shape index (κ2) is 4.46. The standard InChI is InChI=1S/C8H9NO2.H3N/c1-2-7-5-3-4-6-8(7)9(10)11;/h3-6H,2H2,1H3;1H3. The molecule has 0 fully saturated rings. The van der Waals surface area contributed by atoms with Crippen molar-refractivity contribution in [2.45, 2.75) is 13.3 Å². The molecule has 0 unspecified atom stereocenters. The number of aryl methyl sites for hydroxylation is 1. The Labute approximate surface area is 71.0 Å². The minimum Gasteiger partial charge on any atom is -0.344 e. The molecule has 0 saturated heterocycles. The molecule has 0 aliphatic heterocycles. The summed E-state index contributed by atoms with van der Waals surface area (Å²) < 4.78 is 0. The Balaban J connectivity index is 0.00000121. The molecule has 1 rings (SSSR count). The molecule has 4 nitrogen and oxygen atoms in total. The van der Waals surface area contributed by atoms with Gasteiger partial charge in [0.2, 0.25) is 0 Å². The lowest BCUT2D eigenvalue weighted by molar-refractivity contribution is -0.385. The monoisotopic (exact) mass is 168 g/mol. The highest BCUT2D eigenvalue weighted by Gasteiger charge is 2.08. The summed E-state index contributed by atoms with van der Waals surface area (Å²) in [6.07, 6.45) is 0.706. The van der Waals surface area contributed by atoms with Gasteiger partial charge in [0, 0.05) is 11.6 Å². The van der Waals surface area contributed by atoms with Crippen molar-refractivity contribution >= 4 is 5.69 Å². The summed E-state index contributed by atoms with van der Waals surface area (Å²) in [5.41, 5.74) is 1.01. The van der Waals surface area contributed by atoms with Crippen molar-refractivity contribution in [3.63, 3.8) is 0 Å². The third-order valence-electron chi connectivity index (χ3n) is 1.57. The smallest absolute Gasteiger partial charge is 0.272 e. The molecule has 0 aliphatic rings. The molecular weight excluding hydrogens is 156 g/mol. The van der Waals surface area contributed by atoms with E-state index < -0.39 is 0 Å². The van der Waals surface area contributed by atoms with Gasteiger partial charge in [-0.25, -0.2) is 0 Å². The predicted molar refractivity (Wildman–Crippen MR) is 47.5 cm³/mol. The number of nitro benzene ring substituents is 1. The number of hydrogen-bond acceptors (Lipinski definition) is 3. The molecular formula is C8H12N2O2. The summed E-state index contributed by atoms with van der Waals surface area (Å²) in [5.74, 6) is 0. The van der Waals surface area contributed by atoms with Gasteiger partial charge in [0.1, 0.15) is 0 Å². The number of nitro groups is 1. The Morgan fingerprint density at radius 1 is 1.42 bits per heavy atom. The Morgan fingerprint density at radius 2 is 2.00 bits per heavy atom. The van der Waals surface area contributed by atoms with Crippen LogP contribution in [0.2, 0.25) is 0 Å². The molecule has 0 heterocycles. The predicted octanol–water partition coefficient (Wildman–Crippen LogP) is 2.32. The molecule has 4 heteroatoms. The van der Waals surface area contributed by atoms with Gasteiger partial charge in [-0.1, -0.05) is 25.1 Å². The summed E-state index contributed by atoms with van der Waals surface area (Å²) in [7, 11) is 0. The molecule has 66 valence electrons. The first-order valence-corrected chi connectivity index (χ1v) is 3.48. The molecule has 0 aliphatic carbocycles. The number of hydrogen-bond donors (Lipinski definition) is 1. The van der Waals surface area contributed by atoms with Gasteiger partial charge in [-0.3, -0.25) is 10.1 Å². The van der Waals surface area contributed by atoms with E-state index in [1.807, 2.05) is 13.0 Å². The van der Waals surface area contributed by atoms with Crippen molar-refractivity contribution in [3.8, 4) is 0 Å². The minimum atomic E-state index is -0.348. The van der Waals surface area contributed by atoms with E-state index >= 15 is 0 Å². The quantitative estimate of drug-likeness (QED) is 0.543. The Morgan fingerprint density at radius 3 is 2.42 bits per heavy atom. The van der Waals surface area contributed by atoms with Gasteiger partial charge in [0.25, 0.3) is 5.69 Å². The zero-order valence-corrected chi connectivity index (χ0v) is 6.99. The molecule has 0 atom stereocenters. The highest BCUT2D eigenvalue weighted by atomic mass is 16.6. The van der Waals surface area contributed by atoms with Crippen LogP contribution in [0.25, 0.3) is 0 Å². The number of rotatable bonds is 2. The van der Waals surface area contributed by atoms with E-state index in [-0.39, 0.29) is 16.8 Å². The molecule has 3 N–H and O–H groups in total. The molecule has 0 spiro atoms. The summed E-state index contributed by atoms with van der Waals surface area (Å²) >= 11 is 0. The van der Waals surface area contributed by atoms with Crippen molar-refractivity contribution in [2.75, 3.05) is 0 Å². The fourth-order valence-corrected chi connectivity index (χ4v) is 0.988. The zero-order valence-electron chi connectivity index (χ0n) is 6.99. The van der Waals surface area contributed by atoms with Gasteiger partial charge in [-0.2, -0.15) is 0 Å². The van der Waals surface area contributed by atoms with Crippen LogP contribution in [0.3, 0.4) is 0 Å². The van der Waals surface area contributed by atoms with Crippen LogP contribution in [-0.4, -0.2) is 4.92 Å². The molecule has 1 aromatic carbocycles. The van der Waals surface area contributed by atoms with Crippen LogP contribution < -0.4 is 6.15 Å². The van der Waals surface area contributed by atoms with Crippen LogP contribution in [0.1, 0.15) is 12.5 Å². The van der Waals surface area contributed by atoms with Gasteiger partial charge in [-0.15, -0.1) is 0 Å². The van der Waals surface area contributed by atoms with E-state index in [0.717, 1.165) is 5.56 Å². The van der Waals surface area contributed by atoms with E-state index in [1.165, 1.54) is 6.07 Å². The van der Waals surface area contributed by atoms with Gasteiger partial charge in [-0.05, 0) is 6.42 Å². The number of para-hydroxylation sites is 1. The fraction of sp³-hybridized carbons (Fsp3) is 0.250. The van der Waals surface area contributed by atoms with Crippen molar-refractivity contribution in [1.82, 2.24) is 6.15 Å². The van der Waals surface area contributed by atoms with Crippen LogP contribution in [0.4, 0.5) is 5.69 Å². The van der Waals surface area contributed by atoms with Gasteiger partial charge >= 0.3 is 0 Å². The first-order chi connectivity index (χ1) is 5.25. The maximum Gasteiger partial charge on any atom is 0.272 e. The zero-order chi connectivity index (χ0) is 8.27. The SMILES string of the molecule is CCc1ccccc1[N+](=O)[O-].N. The maximum atomic E-state index is 10.4. The molecule has 1 aromatic rings. The average Bonchev–Trinajstić information content (AvgIpc) is 2.04. The van der Waals surface area contributed by atoms with E-state index in [9.17, 15) is 10.1 Å². The number of nitrogens with zero attached hydrogens (tertiary/aromatic N) is 1. The molecule has 0 saturated carbocycles. The van der Waals surface area contributed by atoms with Crippen LogP contribution in [-0.2, 0) is 6.42 Å². The normalized spacial score (nSPS) is 8.75. The van der Waals surface area contributed by atoms with E-state index in [2.05, 4.69) is 0 Å². The van der Waals surface area contributed by atoms with Crippen molar-refractivity contribution in [2.24, 2.45) is 0 Å². The molecule has 0 aromatic heterocycles. The Bertz CT molecular complexity index is 274. The van der Waals surface area contributed by atoms with Crippen molar-refractivity contribution < 1.29 is 4.92 Å². The molecule has 0 radical (unpaired) electrons. The Hall–Kier alpha value is -1.42. The highest BCUT2D eigenvalue weighted by molar-refractivity contribution is 5.39. The average molecular weight is 168 g/mol. The lowest BCUT2D eigenvalue weighted by Crippen LogP contribution is -1.92. The number of benzene rings is 1. The molecule has 0 amide bonds. The summed E-state index contributed by atoms with van der Waals surface area (Å²) in [5, 5.41) is 10.4. The minimum absolute atomic E-state index is 0. The topological polar surface area (TPSA) is 78.1 Å². The van der Waals surface area contributed by atoms with Gasteiger partial charge in [0.15, 0.2) is 0 Å². The Kier molecular flexibility index (Phi) is 3.93. The van der Waals surface area contributed by atoms with E-state index in [0.29, 0.717) is 6.42 Å². The van der Waals surface area contributed by atoms with Gasteiger partial charge < -0.3 is 6.15 Å². The third-order valence-corrected chi connectivity index (χ3v) is 1.57. The van der Waals surface area contributed by atoms with Gasteiger partial charge in [0.05, 0.1) is 4.92 Å². The van der Waals surface area contributed by atoms with Crippen molar-refractivity contribution in [1.29, 1.82) is 0 Å². The van der Waals surface area contributed by atoms with Crippen LogP contribution in [0, 0.1) is 10.1 Å². The van der Waals surface area contributed by atoms with Crippen LogP contribution >= 0.6 is 0 Å². The molecule has 12 heavy (non-hydrogen) atoms. The second-order valence-corrected chi connectivity index (χ2v) is 2.24. The first kappa shape index (κ1) is 10.6. The highest BCUT2D eigenvalue weighted by Crippen LogP contribution is 2.17. The maximum absolute atomic E-state index is 10.4. The van der Waals surface area contributed by atoms with Crippen LogP contribution in [0.15, 0.2) is 24.3 Å².